The molecule has 0 fully saturated rings. The van der Waals surface area contributed by atoms with E-state index in [-0.39, 0.29) is 16.8 Å². The molecule has 1 atom stereocenters. The van der Waals surface area contributed by atoms with Crippen molar-refractivity contribution in [3.63, 3.8) is 0 Å². The number of hydrogen-bond acceptors (Lipinski definition) is 4. The molecule has 3 rings (SSSR count). The van der Waals surface area contributed by atoms with Gasteiger partial charge in [0.15, 0.2) is 5.76 Å². The number of hydrogen-bond donors (Lipinski definition) is 1. The molecule has 0 unspecified atom stereocenters. The molecular weight excluding hydrogens is 264 g/mol. The number of amides is 1. The molecule has 0 spiro atoms. The highest BCUT2D eigenvalue weighted by atomic mass is 32.2. The molecule has 0 aliphatic carbocycles. The van der Waals surface area contributed by atoms with Crippen LogP contribution < -0.4 is 5.56 Å². The van der Waals surface area contributed by atoms with Gasteiger partial charge >= 0.3 is 0 Å². The van der Waals surface area contributed by atoms with Crippen LogP contribution in [-0.4, -0.2) is 29.1 Å². The Morgan fingerprint density at radius 2 is 2.21 bits per heavy atom. The van der Waals surface area contributed by atoms with Gasteiger partial charge in [-0.05, 0) is 18.4 Å². The number of aromatic nitrogens is 1. The van der Waals surface area contributed by atoms with Crippen molar-refractivity contribution < 1.29 is 9.21 Å². The first kappa shape index (κ1) is 12.1. The summed E-state index contributed by atoms with van der Waals surface area (Å²) in [5, 5.41) is -0.112. The summed E-state index contributed by atoms with van der Waals surface area (Å²) in [4.78, 5) is 28.3. The summed E-state index contributed by atoms with van der Waals surface area (Å²) in [5.41, 5.74) is 1.56. The number of carbonyl (C=O) groups excluding carboxylic acids is 1. The van der Waals surface area contributed by atoms with Crippen molar-refractivity contribution in [1.82, 2.24) is 9.88 Å². The van der Waals surface area contributed by atoms with Crippen LogP contribution in [0.25, 0.3) is 11.5 Å². The number of nitrogens with zero attached hydrogens (tertiary/aromatic N) is 1. The van der Waals surface area contributed by atoms with Crippen LogP contribution in [-0.2, 0) is 0 Å². The largest absolute Gasteiger partial charge is 0.463 e. The zero-order valence-corrected chi connectivity index (χ0v) is 11.3. The van der Waals surface area contributed by atoms with Gasteiger partial charge in [0.25, 0.3) is 5.91 Å². The van der Waals surface area contributed by atoms with E-state index in [4.69, 9.17) is 4.42 Å². The molecule has 0 aromatic carbocycles. The summed E-state index contributed by atoms with van der Waals surface area (Å²) in [5.74, 6) is 0.435. The number of furan rings is 1. The standard InChI is InChI=1S/C13H12N2O3S/c1-15-12(17)7-6-9(16)14-11(8-4-3-5-18-8)10(7)13(15)19-2/h3-6,13H,1-2H3,(H,14,16)/t13-/m0/s1. The van der Waals surface area contributed by atoms with Gasteiger partial charge in [-0.1, -0.05) is 0 Å². The van der Waals surface area contributed by atoms with Gasteiger partial charge in [0, 0.05) is 18.7 Å². The van der Waals surface area contributed by atoms with Crippen molar-refractivity contribution in [3.8, 4) is 11.5 Å². The summed E-state index contributed by atoms with van der Waals surface area (Å²) in [6, 6.07) is 4.88. The molecule has 6 heteroatoms. The summed E-state index contributed by atoms with van der Waals surface area (Å²) >= 11 is 1.55. The highest BCUT2D eigenvalue weighted by Gasteiger charge is 2.37. The molecule has 5 nitrogen and oxygen atoms in total. The van der Waals surface area contributed by atoms with Crippen molar-refractivity contribution in [1.29, 1.82) is 0 Å². The molecule has 0 bridgehead atoms. The van der Waals surface area contributed by atoms with E-state index in [9.17, 15) is 9.59 Å². The molecule has 1 amide bonds. The fourth-order valence-electron chi connectivity index (χ4n) is 2.38. The quantitative estimate of drug-likeness (QED) is 0.912. The number of thioether (sulfide) groups is 1. The Kier molecular flexibility index (Phi) is 2.74. The van der Waals surface area contributed by atoms with E-state index in [1.165, 1.54) is 6.07 Å². The van der Waals surface area contributed by atoms with E-state index in [1.807, 2.05) is 6.26 Å². The number of fused-ring (bicyclic) bond motifs is 1. The van der Waals surface area contributed by atoms with Gasteiger partial charge in [0.1, 0.15) is 5.37 Å². The third-order valence-electron chi connectivity index (χ3n) is 3.22. The number of nitrogens with one attached hydrogen (secondary N) is 1. The van der Waals surface area contributed by atoms with E-state index < -0.39 is 0 Å². The summed E-state index contributed by atoms with van der Waals surface area (Å²) in [6.07, 6.45) is 3.47. The number of aromatic amines is 1. The third-order valence-corrected chi connectivity index (χ3v) is 4.22. The first-order valence-electron chi connectivity index (χ1n) is 5.74. The monoisotopic (exact) mass is 276 g/mol. The molecule has 0 saturated heterocycles. The van der Waals surface area contributed by atoms with Crippen LogP contribution in [0.4, 0.5) is 0 Å². The zero-order chi connectivity index (χ0) is 13.6. The van der Waals surface area contributed by atoms with Crippen LogP contribution in [0.5, 0.6) is 0 Å². The van der Waals surface area contributed by atoms with Crippen molar-refractivity contribution >= 4 is 17.7 Å². The molecule has 1 N–H and O–H groups in total. The Morgan fingerprint density at radius 1 is 1.42 bits per heavy atom. The minimum absolute atomic E-state index is 0.112. The van der Waals surface area contributed by atoms with Crippen molar-refractivity contribution in [2.75, 3.05) is 13.3 Å². The van der Waals surface area contributed by atoms with Crippen LogP contribution >= 0.6 is 11.8 Å². The fraction of sp³-hybridized carbons (Fsp3) is 0.231. The molecular formula is C13H12N2O3S. The second-order valence-corrected chi connectivity index (χ2v) is 5.24. The molecule has 0 radical (unpaired) electrons. The van der Waals surface area contributed by atoms with Crippen LogP contribution in [0.1, 0.15) is 21.3 Å². The molecule has 0 saturated carbocycles. The molecule has 98 valence electrons. The lowest BCUT2D eigenvalue weighted by atomic mass is 10.1. The minimum Gasteiger partial charge on any atom is -0.463 e. The van der Waals surface area contributed by atoms with E-state index in [2.05, 4.69) is 4.98 Å². The molecule has 3 heterocycles. The Morgan fingerprint density at radius 3 is 2.84 bits per heavy atom. The topological polar surface area (TPSA) is 66.3 Å². The van der Waals surface area contributed by atoms with Gasteiger partial charge in [-0.15, -0.1) is 11.8 Å². The Bertz CT molecular complexity index is 690. The number of H-pyrrole nitrogens is 1. The van der Waals surface area contributed by atoms with E-state index in [0.717, 1.165) is 5.56 Å². The van der Waals surface area contributed by atoms with E-state index in [0.29, 0.717) is 17.0 Å². The fourth-order valence-corrected chi connectivity index (χ4v) is 3.28. The maximum Gasteiger partial charge on any atom is 0.255 e. The van der Waals surface area contributed by atoms with Crippen LogP contribution in [0, 0.1) is 0 Å². The third kappa shape index (κ3) is 1.71. The Labute approximate surface area is 113 Å². The molecule has 2 aromatic rings. The van der Waals surface area contributed by atoms with E-state index in [1.54, 1.807) is 42.1 Å². The maximum absolute atomic E-state index is 12.2. The first-order valence-corrected chi connectivity index (χ1v) is 7.03. The molecule has 19 heavy (non-hydrogen) atoms. The lowest BCUT2D eigenvalue weighted by Crippen LogP contribution is -2.21. The average molecular weight is 276 g/mol. The zero-order valence-electron chi connectivity index (χ0n) is 10.5. The van der Waals surface area contributed by atoms with Crippen molar-refractivity contribution in [2.45, 2.75) is 5.37 Å². The van der Waals surface area contributed by atoms with E-state index >= 15 is 0 Å². The van der Waals surface area contributed by atoms with Crippen molar-refractivity contribution in [2.24, 2.45) is 0 Å². The second kappa shape index (κ2) is 4.31. The molecule has 1 aliphatic heterocycles. The summed E-state index contributed by atoms with van der Waals surface area (Å²) in [6.45, 7) is 0. The Balaban J connectivity index is 2.32. The summed E-state index contributed by atoms with van der Waals surface area (Å²) in [7, 11) is 1.74. The lowest BCUT2D eigenvalue weighted by Gasteiger charge is -2.19. The van der Waals surface area contributed by atoms with Crippen molar-refractivity contribution in [3.05, 3.63) is 45.9 Å². The van der Waals surface area contributed by atoms with Crippen LogP contribution in [0.15, 0.2) is 33.7 Å². The van der Waals surface area contributed by atoms with Gasteiger partial charge in [-0.2, -0.15) is 0 Å². The van der Waals surface area contributed by atoms with Gasteiger partial charge in [0.05, 0.1) is 17.5 Å². The van der Waals surface area contributed by atoms with Crippen LogP contribution in [0.2, 0.25) is 0 Å². The SMILES string of the molecule is CS[C@H]1c2c(cc(=O)[nH]c2-c2ccco2)C(=O)N1C. The predicted octanol–water partition coefficient (Wildman–Crippen LogP) is 2.08. The Hall–Kier alpha value is -1.95. The maximum atomic E-state index is 12.2. The first-order chi connectivity index (χ1) is 9.13. The highest BCUT2D eigenvalue weighted by Crippen LogP contribution is 2.42. The number of rotatable bonds is 2. The van der Waals surface area contributed by atoms with Gasteiger partial charge < -0.3 is 14.3 Å². The lowest BCUT2D eigenvalue weighted by molar-refractivity contribution is 0.0813. The second-order valence-electron chi connectivity index (χ2n) is 4.32. The number of carbonyl (C=O) groups is 1. The predicted molar refractivity (Wildman–Crippen MR) is 73.1 cm³/mol. The van der Waals surface area contributed by atoms with Gasteiger partial charge in [0.2, 0.25) is 5.56 Å². The normalized spacial score (nSPS) is 17.9. The van der Waals surface area contributed by atoms with Gasteiger partial charge in [-0.25, -0.2) is 0 Å². The van der Waals surface area contributed by atoms with Gasteiger partial charge in [-0.3, -0.25) is 9.59 Å². The molecule has 1 aliphatic rings. The summed E-state index contributed by atoms with van der Waals surface area (Å²) < 4.78 is 5.35. The molecule has 2 aromatic heterocycles. The average Bonchev–Trinajstić information content (AvgIpc) is 2.99. The minimum atomic E-state index is -0.298. The van der Waals surface area contributed by atoms with Crippen LogP contribution in [0.3, 0.4) is 0 Å². The number of pyridine rings is 1. The smallest absolute Gasteiger partial charge is 0.255 e. The highest BCUT2D eigenvalue weighted by molar-refractivity contribution is 7.98.